The third-order valence-corrected chi connectivity index (χ3v) is 3.34. The Hall–Kier alpha value is -1.68. The Morgan fingerprint density at radius 1 is 1.29 bits per heavy atom. The van der Waals surface area contributed by atoms with Gasteiger partial charge in [0.1, 0.15) is 5.75 Å². The zero-order valence-corrected chi connectivity index (χ0v) is 10.3. The fraction of sp³-hybridized carbons (Fsp3) is 0.231. The van der Waals surface area contributed by atoms with Gasteiger partial charge in [0.05, 0.1) is 12.8 Å². The zero-order chi connectivity index (χ0) is 11.8. The van der Waals surface area contributed by atoms with Crippen molar-refractivity contribution in [2.75, 3.05) is 7.11 Å². The van der Waals surface area contributed by atoms with Gasteiger partial charge < -0.3 is 9.72 Å². The summed E-state index contributed by atoms with van der Waals surface area (Å²) in [5.41, 5.74) is 4.85. The molecule has 3 rings (SSSR count). The molecule has 0 saturated heterocycles. The van der Waals surface area contributed by atoms with Crippen molar-refractivity contribution in [2.45, 2.75) is 12.8 Å². The van der Waals surface area contributed by atoms with Crippen molar-refractivity contribution in [3.8, 4) is 17.0 Å². The zero-order valence-electron chi connectivity index (χ0n) is 9.49. The summed E-state index contributed by atoms with van der Waals surface area (Å²) >= 11 is 5.08. The van der Waals surface area contributed by atoms with Crippen LogP contribution < -0.4 is 4.74 Å². The van der Waals surface area contributed by atoms with Crippen LogP contribution in [-0.4, -0.2) is 17.1 Å². The van der Waals surface area contributed by atoms with Crippen LogP contribution in [0.4, 0.5) is 0 Å². The highest BCUT2D eigenvalue weighted by Crippen LogP contribution is 2.33. The van der Waals surface area contributed by atoms with Gasteiger partial charge in [-0.15, -0.1) is 0 Å². The minimum atomic E-state index is 0.535. The van der Waals surface area contributed by atoms with Crippen LogP contribution in [0.2, 0.25) is 0 Å². The maximum Gasteiger partial charge on any atom is 0.197 e. The number of benzene rings is 1. The second-order valence-corrected chi connectivity index (χ2v) is 4.50. The normalized spacial score (nSPS) is 12.8. The number of aromatic nitrogens is 2. The van der Waals surface area contributed by atoms with Gasteiger partial charge in [0.15, 0.2) is 4.77 Å². The summed E-state index contributed by atoms with van der Waals surface area (Å²) in [5.74, 6) is 0.903. The molecule has 17 heavy (non-hydrogen) atoms. The van der Waals surface area contributed by atoms with Gasteiger partial charge in [-0.3, -0.25) is 0 Å². The number of hydrogen-bond donors (Lipinski definition) is 1. The minimum Gasteiger partial charge on any atom is -0.497 e. The molecule has 1 aromatic carbocycles. The molecule has 1 heterocycles. The van der Waals surface area contributed by atoms with Gasteiger partial charge in [-0.25, -0.2) is 4.98 Å². The van der Waals surface area contributed by atoms with E-state index in [2.05, 4.69) is 22.1 Å². The number of rotatable bonds is 1. The van der Waals surface area contributed by atoms with Crippen LogP contribution in [-0.2, 0) is 12.8 Å². The maximum atomic E-state index is 5.25. The molecule has 4 heteroatoms. The van der Waals surface area contributed by atoms with E-state index in [0.29, 0.717) is 4.77 Å². The molecular weight excluding hydrogens is 232 g/mol. The maximum absolute atomic E-state index is 5.25. The molecule has 3 nitrogen and oxygen atoms in total. The van der Waals surface area contributed by atoms with Crippen molar-refractivity contribution < 1.29 is 4.74 Å². The molecule has 0 unspecified atom stereocenters. The highest BCUT2D eigenvalue weighted by Gasteiger charge is 2.17. The van der Waals surface area contributed by atoms with Crippen LogP contribution in [0.25, 0.3) is 11.3 Å². The van der Waals surface area contributed by atoms with Gasteiger partial charge >= 0.3 is 0 Å². The number of aromatic amines is 1. The average molecular weight is 244 g/mol. The summed E-state index contributed by atoms with van der Waals surface area (Å²) in [6, 6.07) is 6.15. The standard InChI is InChI=1S/C13H12N2OS/c1-16-10-4-5-11-8(6-10)2-3-9-7-14-13(17)15-12(9)11/h4-7H,2-3H2,1H3,(H,14,15,17). The topological polar surface area (TPSA) is 37.9 Å². The minimum absolute atomic E-state index is 0.535. The van der Waals surface area contributed by atoms with E-state index in [9.17, 15) is 0 Å². The van der Waals surface area contributed by atoms with Crippen molar-refractivity contribution >= 4 is 12.2 Å². The Kier molecular flexibility index (Phi) is 2.44. The van der Waals surface area contributed by atoms with E-state index < -0.39 is 0 Å². The number of nitrogens with one attached hydrogen (secondary N) is 1. The summed E-state index contributed by atoms with van der Waals surface area (Å²) in [7, 11) is 1.69. The van der Waals surface area contributed by atoms with Gasteiger partial charge in [-0.2, -0.15) is 0 Å². The summed E-state index contributed by atoms with van der Waals surface area (Å²) in [6.07, 6.45) is 3.89. The Balaban J connectivity index is 2.22. The first kappa shape index (κ1) is 10.5. The predicted molar refractivity (Wildman–Crippen MR) is 68.8 cm³/mol. The second kappa shape index (κ2) is 3.96. The summed E-state index contributed by atoms with van der Waals surface area (Å²) in [4.78, 5) is 7.32. The number of H-pyrrole nitrogens is 1. The first-order chi connectivity index (χ1) is 8.28. The molecule has 0 saturated carbocycles. The predicted octanol–water partition coefficient (Wildman–Crippen LogP) is 2.91. The van der Waals surface area contributed by atoms with Crippen LogP contribution in [0.1, 0.15) is 11.1 Å². The largest absolute Gasteiger partial charge is 0.497 e. The fourth-order valence-electron chi connectivity index (χ4n) is 2.27. The smallest absolute Gasteiger partial charge is 0.197 e. The quantitative estimate of drug-likeness (QED) is 0.784. The first-order valence-electron chi connectivity index (χ1n) is 5.53. The van der Waals surface area contributed by atoms with Gasteiger partial charge in [0.2, 0.25) is 0 Å². The first-order valence-corrected chi connectivity index (χ1v) is 5.94. The molecule has 1 aromatic heterocycles. The Bertz CT molecular complexity index is 634. The summed E-state index contributed by atoms with van der Waals surface area (Å²) < 4.78 is 5.78. The van der Waals surface area contributed by atoms with E-state index in [1.165, 1.54) is 16.7 Å². The molecule has 1 N–H and O–H groups in total. The number of hydrogen-bond acceptors (Lipinski definition) is 3. The van der Waals surface area contributed by atoms with Crippen LogP contribution in [0.5, 0.6) is 5.75 Å². The Labute approximate surface area is 104 Å². The van der Waals surface area contributed by atoms with E-state index in [1.54, 1.807) is 7.11 Å². The van der Waals surface area contributed by atoms with Crippen LogP contribution in [0.15, 0.2) is 24.4 Å². The van der Waals surface area contributed by atoms with Crippen LogP contribution in [0, 0.1) is 4.77 Å². The highest BCUT2D eigenvalue weighted by molar-refractivity contribution is 7.71. The molecule has 1 aliphatic carbocycles. The molecule has 1 aliphatic rings. The molecule has 0 radical (unpaired) electrons. The van der Waals surface area contributed by atoms with Crippen molar-refractivity contribution in [3.05, 3.63) is 40.3 Å². The Morgan fingerprint density at radius 2 is 2.12 bits per heavy atom. The summed E-state index contributed by atoms with van der Waals surface area (Å²) in [5, 5.41) is 0. The SMILES string of the molecule is COc1ccc2c(c1)CCc1cnc(=S)[nH]c1-2. The van der Waals surface area contributed by atoms with Crippen molar-refractivity contribution in [1.82, 2.24) is 9.97 Å². The molecule has 86 valence electrons. The number of nitrogens with zero attached hydrogens (tertiary/aromatic N) is 1. The molecule has 0 spiro atoms. The van der Waals surface area contributed by atoms with Crippen LogP contribution >= 0.6 is 12.2 Å². The molecular formula is C13H12N2OS. The fourth-order valence-corrected chi connectivity index (χ4v) is 2.42. The average Bonchev–Trinajstić information content (AvgIpc) is 2.37. The van der Waals surface area contributed by atoms with Gasteiger partial charge in [0, 0.05) is 11.8 Å². The van der Waals surface area contributed by atoms with E-state index in [0.717, 1.165) is 24.3 Å². The number of methoxy groups -OCH3 is 1. The van der Waals surface area contributed by atoms with E-state index in [4.69, 9.17) is 17.0 Å². The number of ether oxygens (including phenoxy) is 1. The molecule has 0 aliphatic heterocycles. The Morgan fingerprint density at radius 3 is 2.94 bits per heavy atom. The third-order valence-electron chi connectivity index (χ3n) is 3.14. The van der Waals surface area contributed by atoms with Crippen molar-refractivity contribution in [3.63, 3.8) is 0 Å². The monoisotopic (exact) mass is 244 g/mol. The van der Waals surface area contributed by atoms with Crippen LogP contribution in [0.3, 0.4) is 0 Å². The summed E-state index contributed by atoms with van der Waals surface area (Å²) in [6.45, 7) is 0. The third kappa shape index (κ3) is 1.74. The lowest BCUT2D eigenvalue weighted by molar-refractivity contribution is 0.414. The number of aryl methyl sites for hydroxylation is 2. The van der Waals surface area contributed by atoms with Crippen molar-refractivity contribution in [1.29, 1.82) is 0 Å². The molecule has 0 bridgehead atoms. The van der Waals surface area contributed by atoms with Gasteiger partial charge in [0.25, 0.3) is 0 Å². The number of fused-ring (bicyclic) bond motifs is 3. The lowest BCUT2D eigenvalue weighted by atomic mass is 9.90. The molecule has 0 fully saturated rings. The lowest BCUT2D eigenvalue weighted by Gasteiger charge is -2.19. The van der Waals surface area contributed by atoms with E-state index in [-0.39, 0.29) is 0 Å². The molecule has 0 atom stereocenters. The second-order valence-electron chi connectivity index (χ2n) is 4.11. The van der Waals surface area contributed by atoms with Gasteiger partial charge in [-0.1, -0.05) is 0 Å². The molecule has 0 amide bonds. The van der Waals surface area contributed by atoms with Crippen molar-refractivity contribution in [2.24, 2.45) is 0 Å². The van der Waals surface area contributed by atoms with E-state index in [1.807, 2.05) is 12.3 Å². The lowest BCUT2D eigenvalue weighted by Crippen LogP contribution is -2.07. The van der Waals surface area contributed by atoms with E-state index >= 15 is 0 Å². The highest BCUT2D eigenvalue weighted by atomic mass is 32.1. The van der Waals surface area contributed by atoms with Gasteiger partial charge in [-0.05, 0) is 54.4 Å². The molecule has 2 aromatic rings.